The van der Waals surface area contributed by atoms with Crippen molar-refractivity contribution >= 4 is 9.47 Å². The lowest BCUT2D eigenvalue weighted by Crippen LogP contribution is -2.02. The Hall–Kier alpha value is -0.430. The zero-order valence-corrected chi connectivity index (χ0v) is 14.0. The molecular formula is C15H31O2P. The number of hydrogen-bond donors (Lipinski definition) is 1. The quantitative estimate of drug-likeness (QED) is 0.786. The number of aliphatic hydroxyl groups is 1. The molecule has 0 aliphatic rings. The van der Waals surface area contributed by atoms with E-state index in [1.54, 1.807) is 0 Å². The minimum absolute atomic E-state index is 0.314. The monoisotopic (exact) mass is 274 g/mol. The highest BCUT2D eigenvalue weighted by atomic mass is 31.0. The zero-order chi connectivity index (χ0) is 14.8. The van der Waals surface area contributed by atoms with E-state index in [-0.39, 0.29) is 0 Å². The Balaban J connectivity index is -0.000000274. The maximum absolute atomic E-state index is 9.38. The second-order valence-corrected chi connectivity index (χ2v) is 3.30. The maximum Gasteiger partial charge on any atom is 0.103 e. The molecule has 0 spiro atoms. The lowest BCUT2D eigenvalue weighted by Gasteiger charge is -2.07. The summed E-state index contributed by atoms with van der Waals surface area (Å²) in [4.78, 5) is 0. The highest BCUT2D eigenvalue weighted by Crippen LogP contribution is 2.12. The van der Waals surface area contributed by atoms with Crippen molar-refractivity contribution in [3.8, 4) is 0 Å². The van der Waals surface area contributed by atoms with Gasteiger partial charge in [-0.25, -0.2) is 0 Å². The summed E-state index contributed by atoms with van der Waals surface area (Å²) in [5.74, 6) is 0. The van der Waals surface area contributed by atoms with Crippen molar-refractivity contribution in [2.24, 2.45) is 0 Å². The van der Waals surface area contributed by atoms with Gasteiger partial charge in [0.15, 0.2) is 0 Å². The first-order valence-corrected chi connectivity index (χ1v) is 7.28. The van der Waals surface area contributed by atoms with Gasteiger partial charge in [-0.15, -0.1) is 0 Å². The van der Waals surface area contributed by atoms with Gasteiger partial charge in [0.25, 0.3) is 0 Å². The van der Waals surface area contributed by atoms with Gasteiger partial charge >= 0.3 is 0 Å². The average molecular weight is 274 g/mol. The van der Waals surface area contributed by atoms with Gasteiger partial charge < -0.3 is 9.63 Å². The maximum atomic E-state index is 9.38. The summed E-state index contributed by atoms with van der Waals surface area (Å²) < 4.78 is 4.72. The Morgan fingerprint density at radius 2 is 1.44 bits per heavy atom. The molecule has 1 rings (SSSR count). The molecule has 2 atom stereocenters. The van der Waals surface area contributed by atoms with Crippen molar-refractivity contribution < 1.29 is 9.63 Å². The van der Waals surface area contributed by atoms with Crippen LogP contribution in [0.4, 0.5) is 0 Å². The minimum atomic E-state index is -0.520. The molecule has 2 nitrogen and oxygen atoms in total. The summed E-state index contributed by atoms with van der Waals surface area (Å²) in [5.41, 5.74) is 0.884. The van der Waals surface area contributed by atoms with E-state index < -0.39 is 6.10 Å². The molecule has 0 amide bonds. The van der Waals surface area contributed by atoms with Crippen molar-refractivity contribution in [1.82, 2.24) is 0 Å². The summed E-state index contributed by atoms with van der Waals surface area (Å²) in [6.45, 7) is 12.6. The van der Waals surface area contributed by atoms with E-state index in [9.17, 15) is 5.11 Å². The lowest BCUT2D eigenvalue weighted by molar-refractivity contribution is 0.119. The Morgan fingerprint density at radius 3 is 1.78 bits per heavy atom. The zero-order valence-electron chi connectivity index (χ0n) is 12.8. The topological polar surface area (TPSA) is 29.5 Å². The number of benzene rings is 1. The van der Waals surface area contributed by atoms with Gasteiger partial charge in [0.05, 0.1) is 6.61 Å². The molecule has 0 saturated heterocycles. The van der Waals surface area contributed by atoms with Crippen molar-refractivity contribution in [1.29, 1.82) is 0 Å². The second kappa shape index (κ2) is 21.8. The van der Waals surface area contributed by atoms with Gasteiger partial charge in [-0.3, -0.25) is 0 Å². The second-order valence-electron chi connectivity index (χ2n) is 2.97. The summed E-state index contributed by atoms with van der Waals surface area (Å²) in [6.07, 6.45) is 0.730. The number of hydrogen-bond acceptors (Lipinski definition) is 2. The van der Waals surface area contributed by atoms with Crippen LogP contribution < -0.4 is 0 Å². The average Bonchev–Trinajstić information content (AvgIpc) is 2.45. The third-order valence-corrected chi connectivity index (χ3v) is 1.63. The summed E-state index contributed by atoms with van der Waals surface area (Å²) in [7, 11) is 2.11. The van der Waals surface area contributed by atoms with Gasteiger partial charge in [0.1, 0.15) is 6.10 Å². The summed E-state index contributed by atoms with van der Waals surface area (Å²) >= 11 is 0. The molecule has 18 heavy (non-hydrogen) atoms. The fourth-order valence-electron chi connectivity index (χ4n) is 0.863. The van der Waals surface area contributed by atoms with Crippen LogP contribution in [0.25, 0.3) is 0 Å². The van der Waals surface area contributed by atoms with Crippen molar-refractivity contribution in [2.75, 3.05) is 6.61 Å². The van der Waals surface area contributed by atoms with Gasteiger partial charge in [-0.1, -0.05) is 78.3 Å². The minimum Gasteiger partial charge on any atom is -0.386 e. The third-order valence-electron chi connectivity index (χ3n) is 1.44. The first-order valence-electron chi connectivity index (χ1n) is 6.80. The normalized spacial score (nSPS) is 9.56. The van der Waals surface area contributed by atoms with E-state index in [4.69, 9.17) is 4.52 Å². The Kier molecular flexibility index (Phi) is 27.5. The lowest BCUT2D eigenvalue weighted by atomic mass is 10.1. The molecule has 1 aromatic rings. The fourth-order valence-corrected chi connectivity index (χ4v) is 1.04. The molecule has 0 fully saturated rings. The highest BCUT2D eigenvalue weighted by Gasteiger charge is 2.04. The smallest absolute Gasteiger partial charge is 0.103 e. The molecule has 1 aromatic carbocycles. The van der Waals surface area contributed by atoms with Crippen LogP contribution in [0.3, 0.4) is 0 Å². The summed E-state index contributed by atoms with van der Waals surface area (Å²) in [6, 6.07) is 9.43. The first-order chi connectivity index (χ1) is 8.76. The van der Waals surface area contributed by atoms with Gasteiger partial charge in [0.2, 0.25) is 0 Å². The van der Waals surface area contributed by atoms with Crippen LogP contribution in [-0.2, 0) is 4.52 Å². The molecule has 0 aliphatic carbocycles. The van der Waals surface area contributed by atoms with E-state index in [0.717, 1.165) is 5.56 Å². The van der Waals surface area contributed by atoms with Crippen LogP contribution in [0, 0.1) is 0 Å². The first kappa shape index (κ1) is 22.7. The molecule has 0 radical (unpaired) electrons. The molecule has 108 valence electrons. The molecule has 1 N–H and O–H groups in total. The standard InChI is InChI=1S/C8H11O2P.C3H8.2C2H6/c9-8(6-10-11)7-4-2-1-3-5-7;1-3-2;2*1-2/h1-5,8-9H,6,11H2;3H2,1-2H3;2*1-2H3. The number of rotatable bonds is 3. The molecule has 0 heterocycles. The van der Waals surface area contributed by atoms with Crippen LogP contribution >= 0.6 is 9.47 Å². The predicted octanol–water partition coefficient (Wildman–Crippen LogP) is 5.00. The van der Waals surface area contributed by atoms with Crippen LogP contribution in [0.5, 0.6) is 0 Å². The molecule has 0 bridgehead atoms. The van der Waals surface area contributed by atoms with Crippen molar-refractivity contribution in [3.05, 3.63) is 35.9 Å². The highest BCUT2D eigenvalue weighted by molar-refractivity contribution is 7.09. The molecule has 0 aliphatic heterocycles. The molecular weight excluding hydrogens is 243 g/mol. The van der Waals surface area contributed by atoms with Crippen LogP contribution in [0.2, 0.25) is 0 Å². The predicted molar refractivity (Wildman–Crippen MR) is 85.7 cm³/mol. The SMILES string of the molecule is CC.CC.CCC.OC(COP)c1ccccc1. The Morgan fingerprint density at radius 1 is 1.06 bits per heavy atom. The van der Waals surface area contributed by atoms with E-state index in [1.807, 2.05) is 58.0 Å². The number of aliphatic hydroxyl groups excluding tert-OH is 1. The molecule has 3 heteroatoms. The summed E-state index contributed by atoms with van der Waals surface area (Å²) in [5, 5.41) is 9.38. The largest absolute Gasteiger partial charge is 0.386 e. The molecule has 0 saturated carbocycles. The van der Waals surface area contributed by atoms with Crippen molar-refractivity contribution in [2.45, 2.75) is 54.1 Å². The van der Waals surface area contributed by atoms with E-state index in [2.05, 4.69) is 23.3 Å². The van der Waals surface area contributed by atoms with E-state index in [0.29, 0.717) is 6.61 Å². The van der Waals surface area contributed by atoms with Crippen LogP contribution in [0.15, 0.2) is 30.3 Å². The van der Waals surface area contributed by atoms with E-state index in [1.165, 1.54) is 6.42 Å². The van der Waals surface area contributed by atoms with Crippen molar-refractivity contribution in [3.63, 3.8) is 0 Å². The Labute approximate surface area is 116 Å². The molecule has 0 aromatic heterocycles. The van der Waals surface area contributed by atoms with E-state index >= 15 is 0 Å². The third kappa shape index (κ3) is 15.6. The molecule has 2 unspecified atom stereocenters. The van der Waals surface area contributed by atoms with Gasteiger partial charge in [0, 0.05) is 9.47 Å². The van der Waals surface area contributed by atoms with Crippen LogP contribution in [-0.4, -0.2) is 11.7 Å². The van der Waals surface area contributed by atoms with Crippen LogP contribution in [0.1, 0.15) is 59.6 Å². The van der Waals surface area contributed by atoms with Gasteiger partial charge in [-0.05, 0) is 5.56 Å². The van der Waals surface area contributed by atoms with Gasteiger partial charge in [-0.2, -0.15) is 0 Å². The fraction of sp³-hybridized carbons (Fsp3) is 0.600. The Bertz CT molecular complexity index is 215.